The zero-order valence-corrected chi connectivity index (χ0v) is 20.8. The van der Waals surface area contributed by atoms with Crippen molar-refractivity contribution in [2.45, 2.75) is 24.0 Å². The maximum atomic E-state index is 13.9. The van der Waals surface area contributed by atoms with Gasteiger partial charge in [-0.25, -0.2) is 9.07 Å². The molecule has 1 atom stereocenters. The van der Waals surface area contributed by atoms with Gasteiger partial charge < -0.3 is 10.6 Å². The number of nitrogens with zero attached hydrogens (tertiary/aromatic N) is 2. The van der Waals surface area contributed by atoms with E-state index in [0.29, 0.717) is 17.1 Å². The highest BCUT2D eigenvalue weighted by Gasteiger charge is 2.22. The van der Waals surface area contributed by atoms with E-state index in [9.17, 15) is 18.8 Å². The normalized spacial score (nSPS) is 11.7. The van der Waals surface area contributed by atoms with E-state index in [1.165, 1.54) is 34.6 Å². The summed E-state index contributed by atoms with van der Waals surface area (Å²) in [5.74, 6) is -1.49. The van der Waals surface area contributed by atoms with Crippen LogP contribution in [0.15, 0.2) is 88.6 Å². The topological polar surface area (TPSA) is 85.1 Å². The Morgan fingerprint density at radius 3 is 2.36 bits per heavy atom. The summed E-state index contributed by atoms with van der Waals surface area (Å²) in [6.07, 6.45) is 0. The van der Waals surface area contributed by atoms with Crippen molar-refractivity contribution in [1.82, 2.24) is 9.36 Å². The van der Waals surface area contributed by atoms with E-state index in [1.807, 2.05) is 36.4 Å². The summed E-state index contributed by atoms with van der Waals surface area (Å²) in [4.78, 5) is 39.2. The van der Waals surface area contributed by atoms with Crippen LogP contribution >= 0.6 is 11.8 Å². The van der Waals surface area contributed by atoms with Crippen molar-refractivity contribution in [1.29, 1.82) is 0 Å². The lowest BCUT2D eigenvalue weighted by Crippen LogP contribution is -2.27. The molecule has 36 heavy (non-hydrogen) atoms. The first-order valence-electron chi connectivity index (χ1n) is 11.2. The number of halogens is 1. The standard InChI is InChI=1S/C27H25FN4O3S/c1-17-24(27(35)32(31(17)3)20-11-5-4-6-12-20)30-25(33)18(2)36-21-13-9-10-19(16-21)29-26(34)22-14-7-8-15-23(22)28/h4-16,18H,1-3H3,(H,29,34)(H,30,33). The lowest BCUT2D eigenvalue weighted by Gasteiger charge is -2.13. The van der Waals surface area contributed by atoms with Crippen molar-refractivity contribution in [3.05, 3.63) is 106 Å². The van der Waals surface area contributed by atoms with E-state index >= 15 is 0 Å². The second-order valence-corrected chi connectivity index (χ2v) is 9.56. The van der Waals surface area contributed by atoms with E-state index in [-0.39, 0.29) is 22.7 Å². The fraction of sp³-hybridized carbons (Fsp3) is 0.148. The Balaban J connectivity index is 1.46. The number of hydrogen-bond donors (Lipinski definition) is 2. The van der Waals surface area contributed by atoms with Gasteiger partial charge in [0.15, 0.2) is 0 Å². The molecule has 0 aliphatic carbocycles. The molecule has 7 nitrogen and oxygen atoms in total. The van der Waals surface area contributed by atoms with Crippen LogP contribution in [0.4, 0.5) is 15.8 Å². The molecule has 0 saturated carbocycles. The van der Waals surface area contributed by atoms with Crippen LogP contribution in [-0.2, 0) is 11.8 Å². The zero-order valence-electron chi connectivity index (χ0n) is 20.0. The molecular formula is C27H25FN4O3S. The third-order valence-electron chi connectivity index (χ3n) is 5.69. The highest BCUT2D eigenvalue weighted by molar-refractivity contribution is 8.00. The average molecular weight is 505 g/mol. The van der Waals surface area contributed by atoms with Gasteiger partial charge in [0.1, 0.15) is 11.5 Å². The van der Waals surface area contributed by atoms with Crippen LogP contribution in [0, 0.1) is 12.7 Å². The van der Waals surface area contributed by atoms with Gasteiger partial charge in [0.05, 0.1) is 22.2 Å². The number of amides is 2. The van der Waals surface area contributed by atoms with Crippen LogP contribution in [0.25, 0.3) is 5.69 Å². The van der Waals surface area contributed by atoms with Gasteiger partial charge in [-0.2, -0.15) is 0 Å². The maximum absolute atomic E-state index is 13.9. The predicted octanol–water partition coefficient (Wildman–Crippen LogP) is 5.00. The van der Waals surface area contributed by atoms with Gasteiger partial charge in [-0.1, -0.05) is 36.4 Å². The Morgan fingerprint density at radius 1 is 0.944 bits per heavy atom. The average Bonchev–Trinajstić information content (AvgIpc) is 3.07. The monoisotopic (exact) mass is 504 g/mol. The van der Waals surface area contributed by atoms with E-state index < -0.39 is 17.0 Å². The Hall–Kier alpha value is -4.11. The SMILES string of the molecule is Cc1c(NC(=O)C(C)Sc2cccc(NC(=O)c3ccccc3F)c2)c(=O)n(-c2ccccc2)n1C. The predicted molar refractivity (Wildman–Crippen MR) is 140 cm³/mol. The van der Waals surface area contributed by atoms with Crippen molar-refractivity contribution in [2.75, 3.05) is 10.6 Å². The van der Waals surface area contributed by atoms with E-state index in [0.717, 1.165) is 4.90 Å². The van der Waals surface area contributed by atoms with Crippen molar-refractivity contribution >= 4 is 35.0 Å². The Morgan fingerprint density at radius 2 is 1.64 bits per heavy atom. The number of benzene rings is 3. The first kappa shape index (κ1) is 25.0. The second kappa shape index (κ2) is 10.7. The molecule has 0 spiro atoms. The number of carbonyl (C=O) groups excluding carboxylic acids is 2. The third kappa shape index (κ3) is 5.26. The molecule has 0 bridgehead atoms. The van der Waals surface area contributed by atoms with Crippen molar-refractivity contribution < 1.29 is 14.0 Å². The van der Waals surface area contributed by atoms with E-state index in [2.05, 4.69) is 10.6 Å². The summed E-state index contributed by atoms with van der Waals surface area (Å²) >= 11 is 1.28. The van der Waals surface area contributed by atoms with Gasteiger partial charge in [-0.05, 0) is 56.3 Å². The Labute approximate surface area is 211 Å². The van der Waals surface area contributed by atoms with E-state index in [1.54, 1.807) is 49.8 Å². The summed E-state index contributed by atoms with van der Waals surface area (Å²) in [5, 5.41) is 4.92. The first-order valence-corrected chi connectivity index (χ1v) is 12.1. The molecular weight excluding hydrogens is 479 g/mol. The number of para-hydroxylation sites is 1. The number of thioether (sulfide) groups is 1. The summed E-state index contributed by atoms with van der Waals surface area (Å²) < 4.78 is 17.1. The highest BCUT2D eigenvalue weighted by Crippen LogP contribution is 2.27. The Kier molecular flexibility index (Phi) is 7.40. The smallest absolute Gasteiger partial charge is 0.295 e. The summed E-state index contributed by atoms with van der Waals surface area (Å²) in [6.45, 7) is 3.51. The maximum Gasteiger partial charge on any atom is 0.295 e. The van der Waals surface area contributed by atoms with Crippen LogP contribution in [0.3, 0.4) is 0 Å². The third-order valence-corrected chi connectivity index (χ3v) is 6.79. The van der Waals surface area contributed by atoms with Crippen LogP contribution in [0.2, 0.25) is 0 Å². The van der Waals surface area contributed by atoms with Gasteiger partial charge in [-0.15, -0.1) is 11.8 Å². The molecule has 184 valence electrons. The largest absolute Gasteiger partial charge is 0.322 e. The lowest BCUT2D eigenvalue weighted by molar-refractivity contribution is -0.115. The van der Waals surface area contributed by atoms with Gasteiger partial charge >= 0.3 is 0 Å². The van der Waals surface area contributed by atoms with Gasteiger partial charge in [-0.3, -0.25) is 19.1 Å². The Bertz CT molecular complexity index is 1480. The number of rotatable bonds is 7. The highest BCUT2D eigenvalue weighted by atomic mass is 32.2. The van der Waals surface area contributed by atoms with Crippen molar-refractivity contribution in [3.8, 4) is 5.69 Å². The molecule has 0 saturated heterocycles. The molecule has 4 rings (SSSR count). The fourth-order valence-corrected chi connectivity index (χ4v) is 4.61. The minimum atomic E-state index is -0.603. The molecule has 1 heterocycles. The molecule has 0 radical (unpaired) electrons. The second-order valence-electron chi connectivity index (χ2n) is 8.15. The minimum absolute atomic E-state index is 0.0531. The zero-order chi connectivity index (χ0) is 25.8. The van der Waals surface area contributed by atoms with Gasteiger partial charge in [0.25, 0.3) is 11.5 Å². The van der Waals surface area contributed by atoms with Gasteiger partial charge in [0, 0.05) is 17.6 Å². The molecule has 1 unspecified atom stereocenters. The van der Waals surface area contributed by atoms with Crippen molar-refractivity contribution in [3.63, 3.8) is 0 Å². The minimum Gasteiger partial charge on any atom is -0.322 e. The number of anilines is 2. The van der Waals surface area contributed by atoms with Crippen LogP contribution in [0.5, 0.6) is 0 Å². The molecule has 0 aliphatic rings. The molecule has 2 N–H and O–H groups in total. The summed E-state index contributed by atoms with van der Waals surface area (Å²) in [6, 6.07) is 21.9. The van der Waals surface area contributed by atoms with Crippen molar-refractivity contribution in [2.24, 2.45) is 7.05 Å². The van der Waals surface area contributed by atoms with Gasteiger partial charge in [0.2, 0.25) is 5.91 Å². The molecule has 0 aliphatic heterocycles. The molecule has 1 aromatic heterocycles. The molecule has 3 aromatic carbocycles. The van der Waals surface area contributed by atoms with Crippen LogP contribution in [-0.4, -0.2) is 26.4 Å². The fourth-order valence-electron chi connectivity index (χ4n) is 3.69. The molecule has 9 heteroatoms. The lowest BCUT2D eigenvalue weighted by atomic mass is 10.2. The summed E-state index contributed by atoms with van der Waals surface area (Å²) in [5.41, 5.74) is 1.67. The van der Waals surface area contributed by atoms with Crippen LogP contribution in [0.1, 0.15) is 23.0 Å². The first-order chi connectivity index (χ1) is 17.3. The molecule has 4 aromatic rings. The van der Waals surface area contributed by atoms with Crippen LogP contribution < -0.4 is 16.2 Å². The number of aromatic nitrogens is 2. The molecule has 0 fully saturated rings. The number of nitrogens with one attached hydrogen (secondary N) is 2. The summed E-state index contributed by atoms with van der Waals surface area (Å²) in [7, 11) is 1.76. The van der Waals surface area contributed by atoms with E-state index in [4.69, 9.17) is 0 Å². The quantitative estimate of drug-likeness (QED) is 0.347. The number of carbonyl (C=O) groups is 2. The molecule has 2 amide bonds. The number of hydrogen-bond acceptors (Lipinski definition) is 4.